The van der Waals surface area contributed by atoms with Crippen LogP contribution in [-0.2, 0) is 0 Å². The van der Waals surface area contributed by atoms with Crippen LogP contribution in [0.1, 0.15) is 13.8 Å². The molecule has 0 fully saturated rings. The maximum absolute atomic E-state index is 5.63. The fraction of sp³-hybridized carbons (Fsp3) is 0.0233. The highest BCUT2D eigenvalue weighted by molar-refractivity contribution is 6.16. The maximum atomic E-state index is 5.63. The molecule has 92 heavy (non-hydrogen) atoms. The fourth-order valence-corrected chi connectivity index (χ4v) is 14.7. The average Bonchev–Trinajstić information content (AvgIpc) is 1.59. The van der Waals surface area contributed by atoms with Crippen molar-refractivity contribution in [1.29, 1.82) is 0 Å². The van der Waals surface area contributed by atoms with Crippen LogP contribution in [0.5, 0.6) is 0 Å². The first-order valence-electron chi connectivity index (χ1n) is 31.8. The van der Waals surface area contributed by atoms with Gasteiger partial charge in [-0.05, 0) is 149 Å². The van der Waals surface area contributed by atoms with Crippen molar-refractivity contribution in [3.05, 3.63) is 315 Å². The molecule has 0 unspecified atom stereocenters. The zero-order chi connectivity index (χ0) is 61.0. The Balaban J connectivity index is 0.00000310. The first kappa shape index (κ1) is 53.0. The van der Waals surface area contributed by atoms with Crippen molar-refractivity contribution in [1.82, 2.24) is 28.2 Å². The van der Waals surface area contributed by atoms with Crippen molar-refractivity contribution in [2.24, 2.45) is 0 Å². The zero-order valence-electron chi connectivity index (χ0n) is 50.7. The standard InChI is InChI=1S/C84H52N6.C2H6/c1-4-21-54(22-5-1)82-69-41-36-53-20-10-11-27-64(53)83(69)86-84(85-82)59-46-62(89-76-34-18-14-30-67(76)72-50-57(39-44-80(72)89)55-37-42-78-70(48-55)65-28-12-16-32-74(65)87(78)60-23-6-2-7-24-60)52-63(47-59)90-77-35-19-15-31-68(77)73-51-58(40-45-81(73)90)56-38-43-79-71(49-56)66-29-13-17-33-75(66)88(79)61-25-8-3-9-26-61;1-2/h1-52H;1-2H3. The summed E-state index contributed by atoms with van der Waals surface area (Å²) in [5.74, 6) is 0.653. The van der Waals surface area contributed by atoms with Gasteiger partial charge in [0, 0.05) is 87.7 Å². The second kappa shape index (κ2) is 21.3. The van der Waals surface area contributed by atoms with Gasteiger partial charge in [0.15, 0.2) is 5.82 Å². The molecule has 5 heterocycles. The minimum absolute atomic E-state index is 0.653. The maximum Gasteiger partial charge on any atom is 0.160 e. The summed E-state index contributed by atoms with van der Waals surface area (Å²) in [4.78, 5) is 11.2. The lowest BCUT2D eigenvalue weighted by atomic mass is 10.0. The van der Waals surface area contributed by atoms with Crippen LogP contribution in [-0.4, -0.2) is 28.2 Å². The first-order valence-corrected chi connectivity index (χ1v) is 31.8. The van der Waals surface area contributed by atoms with Crippen LogP contribution in [0.25, 0.3) is 177 Å². The number of fused-ring (bicyclic) bond motifs is 15. The van der Waals surface area contributed by atoms with E-state index in [1.807, 2.05) is 13.8 Å². The van der Waals surface area contributed by atoms with Gasteiger partial charge in [0.1, 0.15) is 0 Å². The molecule has 0 amide bonds. The number of hydrogen-bond donors (Lipinski definition) is 0. The monoisotopic (exact) mass is 1170 g/mol. The molecule has 0 radical (unpaired) electrons. The summed E-state index contributed by atoms with van der Waals surface area (Å²) < 4.78 is 9.66. The van der Waals surface area contributed by atoms with E-state index < -0.39 is 0 Å². The largest absolute Gasteiger partial charge is 0.309 e. The molecule has 14 aromatic carbocycles. The summed E-state index contributed by atoms with van der Waals surface area (Å²) in [5.41, 5.74) is 21.9. The predicted octanol–water partition coefficient (Wildman–Crippen LogP) is 22.9. The number of hydrogen-bond acceptors (Lipinski definition) is 2. The molecular weight excluding hydrogens is 1120 g/mol. The van der Waals surface area contributed by atoms with Gasteiger partial charge in [-0.15, -0.1) is 0 Å². The summed E-state index contributed by atoms with van der Waals surface area (Å²) in [6.45, 7) is 4.00. The van der Waals surface area contributed by atoms with E-state index in [0.717, 1.165) is 94.4 Å². The lowest BCUT2D eigenvalue weighted by Crippen LogP contribution is -2.02. The molecule has 432 valence electrons. The molecule has 0 saturated heterocycles. The summed E-state index contributed by atoms with van der Waals surface area (Å²) in [5, 5.41) is 12.9. The Labute approximate surface area is 531 Å². The number of nitrogens with zero attached hydrogens (tertiary/aromatic N) is 6. The van der Waals surface area contributed by atoms with Crippen LogP contribution in [0.2, 0.25) is 0 Å². The SMILES string of the molecule is CC.c1ccc(-c2nc(-c3cc(-n4c5ccccc5c5cc(-c6ccc7c(c6)c6ccccc6n7-c6ccccc6)ccc54)cc(-n4c5ccccc5c5cc(-c6ccc7c(c6)c6ccccc6n7-c6ccccc6)ccc54)c3)nc3c2ccc2ccccc23)cc1. The number of benzene rings is 14. The second-order valence-corrected chi connectivity index (χ2v) is 23.7. The third kappa shape index (κ3) is 8.27. The van der Waals surface area contributed by atoms with Gasteiger partial charge in [0.05, 0.1) is 55.3 Å². The molecule has 6 heteroatoms. The molecule has 0 saturated carbocycles. The minimum atomic E-state index is 0.653. The number of rotatable bonds is 8. The topological polar surface area (TPSA) is 45.5 Å². The van der Waals surface area contributed by atoms with Gasteiger partial charge in [0.25, 0.3) is 0 Å². The normalized spacial score (nSPS) is 11.8. The smallest absolute Gasteiger partial charge is 0.160 e. The highest BCUT2D eigenvalue weighted by Gasteiger charge is 2.23. The Morgan fingerprint density at radius 1 is 0.207 bits per heavy atom. The molecule has 0 aliphatic heterocycles. The van der Waals surface area contributed by atoms with Gasteiger partial charge in [-0.3, -0.25) is 0 Å². The summed E-state index contributed by atoms with van der Waals surface area (Å²) in [6.07, 6.45) is 0. The van der Waals surface area contributed by atoms with Crippen molar-refractivity contribution < 1.29 is 0 Å². The fourth-order valence-electron chi connectivity index (χ4n) is 14.7. The molecule has 0 bridgehead atoms. The van der Waals surface area contributed by atoms with E-state index in [0.29, 0.717) is 5.82 Å². The van der Waals surface area contributed by atoms with E-state index in [1.54, 1.807) is 0 Å². The Hall–Kier alpha value is -12.1. The van der Waals surface area contributed by atoms with Gasteiger partial charge in [-0.1, -0.05) is 208 Å². The third-order valence-corrected chi connectivity index (χ3v) is 18.7. The van der Waals surface area contributed by atoms with Gasteiger partial charge in [-0.2, -0.15) is 0 Å². The van der Waals surface area contributed by atoms with E-state index in [1.165, 1.54) is 76.3 Å². The lowest BCUT2D eigenvalue weighted by Gasteiger charge is -2.17. The zero-order valence-corrected chi connectivity index (χ0v) is 50.7. The van der Waals surface area contributed by atoms with Crippen LogP contribution in [0, 0.1) is 0 Å². The minimum Gasteiger partial charge on any atom is -0.309 e. The van der Waals surface area contributed by atoms with Crippen molar-refractivity contribution in [3.8, 4) is 67.6 Å². The van der Waals surface area contributed by atoms with Crippen LogP contribution in [0.3, 0.4) is 0 Å². The number of aromatic nitrogens is 6. The van der Waals surface area contributed by atoms with Crippen molar-refractivity contribution in [2.45, 2.75) is 13.8 Å². The van der Waals surface area contributed by atoms with Gasteiger partial charge >= 0.3 is 0 Å². The predicted molar refractivity (Wildman–Crippen MR) is 387 cm³/mol. The molecule has 19 aromatic rings. The Bertz CT molecular complexity index is 5850. The average molecular weight is 1180 g/mol. The second-order valence-electron chi connectivity index (χ2n) is 23.7. The van der Waals surface area contributed by atoms with E-state index in [2.05, 4.69) is 334 Å². The highest BCUT2D eigenvalue weighted by Crippen LogP contribution is 2.44. The molecule has 5 aromatic heterocycles. The van der Waals surface area contributed by atoms with Crippen molar-refractivity contribution in [2.75, 3.05) is 0 Å². The molecule has 6 nitrogen and oxygen atoms in total. The van der Waals surface area contributed by atoms with Crippen LogP contribution in [0.4, 0.5) is 0 Å². The Morgan fingerprint density at radius 2 is 0.543 bits per heavy atom. The van der Waals surface area contributed by atoms with Gasteiger partial charge in [-0.25, -0.2) is 9.97 Å². The van der Waals surface area contributed by atoms with E-state index in [-0.39, 0.29) is 0 Å². The summed E-state index contributed by atoms with van der Waals surface area (Å²) in [7, 11) is 0. The van der Waals surface area contributed by atoms with Gasteiger partial charge in [0.2, 0.25) is 0 Å². The van der Waals surface area contributed by atoms with Gasteiger partial charge < -0.3 is 18.3 Å². The number of para-hydroxylation sites is 6. The molecule has 0 atom stereocenters. The Morgan fingerprint density at radius 3 is 0.957 bits per heavy atom. The Kier molecular flexibility index (Phi) is 12.3. The van der Waals surface area contributed by atoms with E-state index >= 15 is 0 Å². The molecular formula is C86H58N6. The molecule has 19 rings (SSSR count). The quantitative estimate of drug-likeness (QED) is 0.142. The highest BCUT2D eigenvalue weighted by atomic mass is 15.0. The van der Waals surface area contributed by atoms with Crippen LogP contribution in [0.15, 0.2) is 315 Å². The molecule has 0 aliphatic rings. The molecule has 0 aliphatic carbocycles. The molecule has 0 spiro atoms. The van der Waals surface area contributed by atoms with E-state index in [4.69, 9.17) is 9.97 Å². The van der Waals surface area contributed by atoms with Crippen LogP contribution >= 0.6 is 0 Å². The van der Waals surface area contributed by atoms with Crippen LogP contribution < -0.4 is 0 Å². The first-order chi connectivity index (χ1) is 45.6. The molecule has 0 N–H and O–H groups in total. The van der Waals surface area contributed by atoms with Crippen molar-refractivity contribution >= 4 is 109 Å². The lowest BCUT2D eigenvalue weighted by molar-refractivity contribution is 1.13. The van der Waals surface area contributed by atoms with E-state index in [9.17, 15) is 0 Å². The summed E-state index contributed by atoms with van der Waals surface area (Å²) in [6, 6.07) is 115. The summed E-state index contributed by atoms with van der Waals surface area (Å²) >= 11 is 0. The third-order valence-electron chi connectivity index (χ3n) is 18.7. The van der Waals surface area contributed by atoms with Crippen molar-refractivity contribution in [3.63, 3.8) is 0 Å².